The molecule has 0 fully saturated rings. The van der Waals surface area contributed by atoms with Gasteiger partial charge in [-0.05, 0) is 23.8 Å². The molecule has 1 aromatic carbocycles. The molecule has 0 atom stereocenters. The van der Waals surface area contributed by atoms with E-state index in [1.165, 1.54) is 6.08 Å². The van der Waals surface area contributed by atoms with Crippen LogP contribution in [0.25, 0.3) is 6.08 Å². The van der Waals surface area contributed by atoms with Crippen molar-refractivity contribution in [2.24, 2.45) is 0 Å². The van der Waals surface area contributed by atoms with Crippen molar-refractivity contribution in [1.82, 2.24) is 0 Å². The number of carbonyl (C=O) groups is 2. The predicted octanol–water partition coefficient (Wildman–Crippen LogP) is -2.32. The summed E-state index contributed by atoms with van der Waals surface area (Å²) in [5.74, 6) is -2.77. The van der Waals surface area contributed by atoms with Gasteiger partial charge in [-0.25, -0.2) is 0 Å². The molecule has 0 saturated carbocycles. The van der Waals surface area contributed by atoms with Crippen LogP contribution < -0.4 is 34.7 Å². The summed E-state index contributed by atoms with van der Waals surface area (Å²) in [7, 11) is 0. The van der Waals surface area contributed by atoms with Gasteiger partial charge in [-0.15, -0.1) is 0 Å². The number of benzene rings is 1. The fourth-order valence-electron chi connectivity index (χ4n) is 0.814. The Hall–Kier alpha value is -0.610. The first-order valence-corrected chi connectivity index (χ1v) is 4.16. The van der Waals surface area contributed by atoms with Gasteiger partial charge in [0.15, 0.2) is 0 Å². The number of carboxylic acids is 1. The van der Waals surface area contributed by atoms with E-state index in [1.807, 2.05) is 0 Å². The number of carboxylic acid groups (broad SMARTS) is 1. The van der Waals surface area contributed by atoms with E-state index in [1.54, 1.807) is 24.3 Å². The minimum atomic E-state index is -1.71. The van der Waals surface area contributed by atoms with Crippen LogP contribution in [0, 0.1) is 0 Å². The zero-order chi connectivity index (χ0) is 10.6. The molecule has 3 nitrogen and oxygen atoms in total. The normalized spacial score (nSPS) is 9.67. The smallest absolute Gasteiger partial charge is 0.541 e. The number of aliphatic carboxylic acids is 1. The number of halogens is 1. The van der Waals surface area contributed by atoms with E-state index in [-0.39, 0.29) is 29.6 Å². The Balaban J connectivity index is 0.00000196. The maximum atomic E-state index is 10.6. The Morgan fingerprint density at radius 1 is 1.20 bits per heavy atom. The van der Waals surface area contributed by atoms with E-state index in [0.29, 0.717) is 10.6 Å². The second kappa shape index (κ2) is 6.80. The third kappa shape index (κ3) is 5.14. The molecule has 0 N–H and O–H groups in total. The van der Waals surface area contributed by atoms with Gasteiger partial charge in [-0.3, -0.25) is 4.79 Å². The summed E-state index contributed by atoms with van der Waals surface area (Å²) in [5.41, 5.74) is 0.698. The van der Waals surface area contributed by atoms with E-state index in [4.69, 9.17) is 11.6 Å². The third-order valence-electron chi connectivity index (χ3n) is 1.50. The summed E-state index contributed by atoms with van der Waals surface area (Å²) < 4.78 is 0. The standard InChI is InChI=1S/C10H7ClO3.Na/c11-8-4-1-7(2-5-8)3-6-9(12)10(13)14;/h1-6H,(H,13,14);/q;+1/p-1/b6-3+;. The number of ketones is 1. The topological polar surface area (TPSA) is 57.2 Å². The van der Waals surface area contributed by atoms with Crippen LogP contribution in [-0.4, -0.2) is 11.8 Å². The van der Waals surface area contributed by atoms with Crippen LogP contribution in [0.4, 0.5) is 0 Å². The number of rotatable bonds is 3. The molecule has 0 unspecified atom stereocenters. The molecule has 72 valence electrons. The van der Waals surface area contributed by atoms with Crippen molar-refractivity contribution in [1.29, 1.82) is 0 Å². The van der Waals surface area contributed by atoms with E-state index in [2.05, 4.69) is 0 Å². The van der Waals surface area contributed by atoms with Crippen LogP contribution in [0.3, 0.4) is 0 Å². The third-order valence-corrected chi connectivity index (χ3v) is 1.75. The summed E-state index contributed by atoms with van der Waals surface area (Å²) >= 11 is 5.63. The van der Waals surface area contributed by atoms with E-state index in [9.17, 15) is 14.7 Å². The Bertz CT molecular complexity index is 384. The molecule has 1 rings (SSSR count). The molecule has 0 bridgehead atoms. The van der Waals surface area contributed by atoms with Crippen molar-refractivity contribution in [3.63, 3.8) is 0 Å². The Morgan fingerprint density at radius 2 is 1.73 bits per heavy atom. The summed E-state index contributed by atoms with van der Waals surface area (Å²) in [6, 6.07) is 6.62. The first-order chi connectivity index (χ1) is 6.59. The molecule has 15 heavy (non-hydrogen) atoms. The van der Waals surface area contributed by atoms with E-state index >= 15 is 0 Å². The molecule has 0 saturated heterocycles. The largest absolute Gasteiger partial charge is 1.00 e. The molecule has 5 heteroatoms. The van der Waals surface area contributed by atoms with E-state index in [0.717, 1.165) is 6.08 Å². The summed E-state index contributed by atoms with van der Waals surface area (Å²) in [6.07, 6.45) is 2.33. The van der Waals surface area contributed by atoms with Crippen molar-refractivity contribution >= 4 is 29.4 Å². The van der Waals surface area contributed by atoms with Crippen LogP contribution in [0.1, 0.15) is 5.56 Å². The molecule has 0 radical (unpaired) electrons. The molecular formula is C10H6ClNaO3. The molecule has 0 amide bonds. The SMILES string of the molecule is O=C([O-])C(=O)/C=C/c1ccc(Cl)cc1.[Na+]. The second-order valence-electron chi connectivity index (χ2n) is 2.54. The maximum Gasteiger partial charge on any atom is 1.00 e. The number of carbonyl (C=O) groups excluding carboxylic acids is 2. The minimum Gasteiger partial charge on any atom is -0.541 e. The van der Waals surface area contributed by atoms with Gasteiger partial charge >= 0.3 is 29.6 Å². The fourth-order valence-corrected chi connectivity index (χ4v) is 0.940. The van der Waals surface area contributed by atoms with Crippen molar-refractivity contribution in [3.8, 4) is 0 Å². The van der Waals surface area contributed by atoms with Crippen LogP contribution >= 0.6 is 11.6 Å². The zero-order valence-electron chi connectivity index (χ0n) is 8.07. The van der Waals surface area contributed by atoms with Crippen molar-refractivity contribution < 1.29 is 44.3 Å². The fraction of sp³-hybridized carbons (Fsp3) is 0. The van der Waals surface area contributed by atoms with Gasteiger partial charge in [0.1, 0.15) is 5.97 Å². The maximum absolute atomic E-state index is 10.6. The molecular weight excluding hydrogens is 227 g/mol. The molecule has 0 aliphatic heterocycles. The quantitative estimate of drug-likeness (QED) is 0.334. The Labute approximate surface area is 114 Å². The zero-order valence-corrected chi connectivity index (χ0v) is 10.8. The molecule has 0 aliphatic rings. The summed E-state index contributed by atoms with van der Waals surface area (Å²) in [6.45, 7) is 0. The van der Waals surface area contributed by atoms with Crippen LogP contribution in [0.2, 0.25) is 5.02 Å². The van der Waals surface area contributed by atoms with E-state index < -0.39 is 11.8 Å². The molecule has 0 aromatic heterocycles. The van der Waals surface area contributed by atoms with Gasteiger partial charge in [-0.1, -0.05) is 29.8 Å². The molecule has 0 spiro atoms. The number of hydrogen-bond acceptors (Lipinski definition) is 3. The van der Waals surface area contributed by atoms with Crippen molar-refractivity contribution in [2.45, 2.75) is 0 Å². The molecule has 1 aromatic rings. The van der Waals surface area contributed by atoms with Crippen molar-refractivity contribution in [3.05, 3.63) is 40.9 Å². The van der Waals surface area contributed by atoms with Gasteiger partial charge in [0, 0.05) is 5.02 Å². The van der Waals surface area contributed by atoms with Gasteiger partial charge in [0.05, 0.1) is 0 Å². The predicted molar refractivity (Wildman–Crippen MR) is 50.5 cm³/mol. The van der Waals surface area contributed by atoms with Gasteiger partial charge in [0.25, 0.3) is 0 Å². The Kier molecular flexibility index (Phi) is 6.52. The molecule has 0 heterocycles. The first kappa shape index (κ1) is 14.4. The van der Waals surface area contributed by atoms with Gasteiger partial charge < -0.3 is 9.90 Å². The monoisotopic (exact) mass is 232 g/mol. The van der Waals surface area contributed by atoms with Crippen LogP contribution in [0.5, 0.6) is 0 Å². The first-order valence-electron chi connectivity index (χ1n) is 3.78. The molecule has 0 aliphatic carbocycles. The van der Waals surface area contributed by atoms with Crippen LogP contribution in [-0.2, 0) is 9.59 Å². The summed E-state index contributed by atoms with van der Waals surface area (Å²) in [5, 5.41) is 10.6. The second-order valence-corrected chi connectivity index (χ2v) is 2.97. The average molecular weight is 233 g/mol. The Morgan fingerprint density at radius 3 is 2.20 bits per heavy atom. The number of hydrogen-bond donors (Lipinski definition) is 0. The minimum absolute atomic E-state index is 0. The van der Waals surface area contributed by atoms with Crippen LogP contribution in [0.15, 0.2) is 30.3 Å². The summed E-state index contributed by atoms with van der Waals surface area (Å²) in [4.78, 5) is 20.6. The average Bonchev–Trinajstić information content (AvgIpc) is 2.16. The van der Waals surface area contributed by atoms with Gasteiger partial charge in [0.2, 0.25) is 5.78 Å². The van der Waals surface area contributed by atoms with Crippen molar-refractivity contribution in [2.75, 3.05) is 0 Å². The van der Waals surface area contributed by atoms with Gasteiger partial charge in [-0.2, -0.15) is 0 Å².